The van der Waals surface area contributed by atoms with Crippen LogP contribution in [0.25, 0.3) is 0 Å². The van der Waals surface area contributed by atoms with Gasteiger partial charge in [0.05, 0.1) is 12.0 Å². The molecule has 1 saturated heterocycles. The van der Waals surface area contributed by atoms with E-state index in [0.29, 0.717) is 26.2 Å². The number of anilines is 1. The summed E-state index contributed by atoms with van der Waals surface area (Å²) in [5.41, 5.74) is 0.406. The molecule has 27 heavy (non-hydrogen) atoms. The van der Waals surface area contributed by atoms with Crippen LogP contribution >= 0.6 is 0 Å². The van der Waals surface area contributed by atoms with Crippen LogP contribution in [-0.2, 0) is 9.53 Å². The van der Waals surface area contributed by atoms with E-state index >= 15 is 0 Å². The van der Waals surface area contributed by atoms with Crippen molar-refractivity contribution >= 4 is 23.3 Å². The number of methoxy groups -OCH3 is 1. The number of ether oxygens (including phenoxy) is 1. The van der Waals surface area contributed by atoms with Crippen LogP contribution in [-0.4, -0.2) is 55.0 Å². The number of nitrogens with zero attached hydrogens (tertiary/aromatic N) is 3. The van der Waals surface area contributed by atoms with Crippen LogP contribution in [0, 0.1) is 16.0 Å². The lowest BCUT2D eigenvalue weighted by atomic mass is 9.88. The largest absolute Gasteiger partial charge is 0.465 e. The first-order chi connectivity index (χ1) is 13.0. The summed E-state index contributed by atoms with van der Waals surface area (Å²) in [5.74, 6) is -0.307. The van der Waals surface area contributed by atoms with Gasteiger partial charge in [0, 0.05) is 43.9 Å². The zero-order valence-corrected chi connectivity index (χ0v) is 15.6. The van der Waals surface area contributed by atoms with Crippen molar-refractivity contribution in [3.63, 3.8) is 0 Å². The number of esters is 1. The van der Waals surface area contributed by atoms with E-state index in [0.717, 1.165) is 31.4 Å². The van der Waals surface area contributed by atoms with Gasteiger partial charge in [-0.1, -0.05) is 19.3 Å². The van der Waals surface area contributed by atoms with Gasteiger partial charge in [0.2, 0.25) is 5.91 Å². The molecule has 1 aromatic carbocycles. The summed E-state index contributed by atoms with van der Waals surface area (Å²) < 4.78 is 4.67. The number of rotatable bonds is 4. The number of benzene rings is 1. The summed E-state index contributed by atoms with van der Waals surface area (Å²) in [7, 11) is 1.20. The minimum Gasteiger partial charge on any atom is -0.465 e. The fraction of sp³-hybridized carbons (Fsp3) is 0.579. The van der Waals surface area contributed by atoms with Gasteiger partial charge in [-0.05, 0) is 25.0 Å². The van der Waals surface area contributed by atoms with Crippen LogP contribution in [0.4, 0.5) is 11.4 Å². The lowest BCUT2D eigenvalue weighted by molar-refractivity contribution is -0.385. The third-order valence-electron chi connectivity index (χ3n) is 5.49. The van der Waals surface area contributed by atoms with E-state index in [4.69, 9.17) is 0 Å². The summed E-state index contributed by atoms with van der Waals surface area (Å²) in [6.45, 7) is 2.52. The van der Waals surface area contributed by atoms with Crippen LogP contribution < -0.4 is 4.90 Å². The standard InChI is InChI=1S/C19H25N3O5/c1-27-19(24)16-13-15(7-8-17(16)22(25)26)20-9-11-21(12-10-20)18(23)14-5-3-2-4-6-14/h7-8,13-14H,2-6,9-12H2,1H3. The zero-order valence-electron chi connectivity index (χ0n) is 15.6. The van der Waals surface area contributed by atoms with Crippen LogP contribution in [0.5, 0.6) is 0 Å². The Bertz CT molecular complexity index is 722. The van der Waals surface area contributed by atoms with Crippen LogP contribution in [0.15, 0.2) is 18.2 Å². The molecule has 2 aliphatic rings. The molecule has 0 spiro atoms. The summed E-state index contributed by atoms with van der Waals surface area (Å²) in [6.07, 6.45) is 5.47. The lowest BCUT2D eigenvalue weighted by Crippen LogP contribution is -2.50. The molecule has 1 aromatic rings. The SMILES string of the molecule is COC(=O)c1cc(N2CCN(C(=O)C3CCCCC3)CC2)ccc1[N+](=O)[O-]. The Balaban J connectivity index is 1.67. The van der Waals surface area contributed by atoms with E-state index in [2.05, 4.69) is 4.74 Å². The number of hydrogen-bond donors (Lipinski definition) is 0. The molecule has 1 aliphatic carbocycles. The predicted molar refractivity (Wildman–Crippen MR) is 99.8 cm³/mol. The van der Waals surface area contributed by atoms with Gasteiger partial charge in [-0.3, -0.25) is 14.9 Å². The Kier molecular flexibility index (Phi) is 5.93. The number of carbonyl (C=O) groups excluding carboxylic acids is 2. The number of hydrogen-bond acceptors (Lipinski definition) is 6. The Morgan fingerprint density at radius 2 is 1.78 bits per heavy atom. The third-order valence-corrected chi connectivity index (χ3v) is 5.49. The zero-order chi connectivity index (χ0) is 19.4. The Hall–Kier alpha value is -2.64. The van der Waals surface area contributed by atoms with Crippen molar-refractivity contribution in [2.45, 2.75) is 32.1 Å². The monoisotopic (exact) mass is 375 g/mol. The summed E-state index contributed by atoms with van der Waals surface area (Å²) in [6, 6.07) is 4.48. The molecule has 0 atom stereocenters. The van der Waals surface area contributed by atoms with E-state index in [1.54, 1.807) is 6.07 Å². The Labute approximate surface area is 158 Å². The van der Waals surface area contributed by atoms with Gasteiger partial charge in [0.1, 0.15) is 5.56 Å². The average Bonchev–Trinajstić information content (AvgIpc) is 2.72. The molecule has 1 heterocycles. The first kappa shape index (κ1) is 19.1. The lowest BCUT2D eigenvalue weighted by Gasteiger charge is -2.38. The van der Waals surface area contributed by atoms with E-state index in [9.17, 15) is 19.7 Å². The van der Waals surface area contributed by atoms with Crippen molar-refractivity contribution in [2.24, 2.45) is 5.92 Å². The second-order valence-corrected chi connectivity index (χ2v) is 7.10. The van der Waals surface area contributed by atoms with E-state index in [1.807, 2.05) is 9.80 Å². The fourth-order valence-corrected chi connectivity index (χ4v) is 3.95. The third kappa shape index (κ3) is 4.20. The van der Waals surface area contributed by atoms with Gasteiger partial charge in [0.15, 0.2) is 0 Å². The molecular formula is C19H25N3O5. The normalized spacial score (nSPS) is 18.3. The van der Waals surface area contributed by atoms with Gasteiger partial charge >= 0.3 is 5.97 Å². The maximum Gasteiger partial charge on any atom is 0.344 e. The van der Waals surface area contributed by atoms with E-state index in [1.165, 1.54) is 25.7 Å². The van der Waals surface area contributed by atoms with Crippen LogP contribution in [0.3, 0.4) is 0 Å². The second kappa shape index (κ2) is 8.37. The number of piperazine rings is 1. The van der Waals surface area contributed by atoms with Crippen molar-refractivity contribution in [1.29, 1.82) is 0 Å². The van der Waals surface area contributed by atoms with Crippen molar-refractivity contribution < 1.29 is 19.2 Å². The van der Waals surface area contributed by atoms with Gasteiger partial charge in [-0.25, -0.2) is 4.79 Å². The molecule has 3 rings (SSSR count). The number of nitro benzene ring substituents is 1. The second-order valence-electron chi connectivity index (χ2n) is 7.10. The number of nitro groups is 1. The van der Waals surface area contributed by atoms with E-state index in [-0.39, 0.29) is 23.1 Å². The molecule has 1 aliphatic heterocycles. The molecule has 0 aromatic heterocycles. The van der Waals surface area contributed by atoms with Crippen molar-refractivity contribution in [3.8, 4) is 0 Å². The van der Waals surface area contributed by atoms with Gasteiger partial charge < -0.3 is 14.5 Å². The van der Waals surface area contributed by atoms with Crippen molar-refractivity contribution in [3.05, 3.63) is 33.9 Å². The van der Waals surface area contributed by atoms with Crippen molar-refractivity contribution in [1.82, 2.24) is 4.90 Å². The Morgan fingerprint density at radius 3 is 2.37 bits per heavy atom. The highest BCUT2D eigenvalue weighted by molar-refractivity contribution is 5.95. The van der Waals surface area contributed by atoms with E-state index < -0.39 is 10.9 Å². The van der Waals surface area contributed by atoms with Gasteiger partial charge in [-0.2, -0.15) is 0 Å². The number of amides is 1. The average molecular weight is 375 g/mol. The maximum atomic E-state index is 12.7. The molecule has 1 saturated carbocycles. The molecule has 0 unspecified atom stereocenters. The molecule has 8 heteroatoms. The minimum atomic E-state index is -0.727. The quantitative estimate of drug-likeness (QED) is 0.456. The topological polar surface area (TPSA) is 93.0 Å². The summed E-state index contributed by atoms with van der Waals surface area (Å²) >= 11 is 0. The molecular weight excluding hydrogens is 350 g/mol. The number of carbonyl (C=O) groups is 2. The molecule has 146 valence electrons. The smallest absolute Gasteiger partial charge is 0.344 e. The summed E-state index contributed by atoms with van der Waals surface area (Å²) in [4.78, 5) is 39.1. The highest BCUT2D eigenvalue weighted by Crippen LogP contribution is 2.28. The van der Waals surface area contributed by atoms with Crippen LogP contribution in [0.2, 0.25) is 0 Å². The molecule has 0 bridgehead atoms. The van der Waals surface area contributed by atoms with Crippen LogP contribution in [0.1, 0.15) is 42.5 Å². The maximum absolute atomic E-state index is 12.7. The summed E-state index contributed by atoms with van der Waals surface area (Å²) in [5, 5.41) is 11.1. The highest BCUT2D eigenvalue weighted by atomic mass is 16.6. The molecule has 2 fully saturated rings. The first-order valence-electron chi connectivity index (χ1n) is 9.41. The fourth-order valence-electron chi connectivity index (χ4n) is 3.95. The van der Waals surface area contributed by atoms with Crippen molar-refractivity contribution in [2.75, 3.05) is 38.2 Å². The Morgan fingerprint density at radius 1 is 1.11 bits per heavy atom. The first-order valence-corrected chi connectivity index (χ1v) is 9.41. The molecule has 0 N–H and O–H groups in total. The van der Waals surface area contributed by atoms with Gasteiger partial charge in [0.25, 0.3) is 5.69 Å². The predicted octanol–water partition coefficient (Wildman–Crippen LogP) is 2.61. The highest BCUT2D eigenvalue weighted by Gasteiger charge is 2.29. The molecule has 8 nitrogen and oxygen atoms in total. The molecule has 0 radical (unpaired) electrons. The van der Waals surface area contributed by atoms with Gasteiger partial charge in [-0.15, -0.1) is 0 Å². The minimum absolute atomic E-state index is 0.0549. The molecule has 1 amide bonds.